The molecular formula is C13H21N3S. The van der Waals surface area contributed by atoms with Crippen LogP contribution in [-0.4, -0.2) is 35.1 Å². The van der Waals surface area contributed by atoms with E-state index in [4.69, 9.17) is 4.98 Å². The summed E-state index contributed by atoms with van der Waals surface area (Å²) in [6.45, 7) is 7.83. The molecule has 1 N–H and O–H groups in total. The number of nitrogens with one attached hydrogen (secondary N) is 1. The van der Waals surface area contributed by atoms with E-state index in [1.54, 1.807) is 0 Å². The minimum absolute atomic E-state index is 0.616. The fraction of sp³-hybridized carbons (Fsp3) is 0.769. The lowest BCUT2D eigenvalue weighted by Gasteiger charge is -2.38. The van der Waals surface area contributed by atoms with E-state index >= 15 is 0 Å². The van der Waals surface area contributed by atoms with Crippen molar-refractivity contribution in [1.82, 2.24) is 15.2 Å². The molecule has 3 nitrogen and oxygen atoms in total. The average Bonchev–Trinajstić information content (AvgIpc) is 3.05. The maximum atomic E-state index is 4.79. The number of thiazole rings is 1. The second kappa shape index (κ2) is 4.67. The predicted molar refractivity (Wildman–Crippen MR) is 71.4 cm³/mol. The molecule has 94 valence electrons. The Labute approximate surface area is 107 Å². The number of hydrogen-bond donors (Lipinski definition) is 1. The van der Waals surface area contributed by atoms with Crippen molar-refractivity contribution in [3.8, 4) is 0 Å². The molecule has 1 saturated heterocycles. The van der Waals surface area contributed by atoms with Crippen LogP contribution in [0.25, 0.3) is 0 Å². The second-order valence-corrected chi connectivity index (χ2v) is 6.37. The molecule has 2 heterocycles. The smallest absolute Gasteiger partial charge is 0.0959 e. The average molecular weight is 251 g/mol. The first-order valence-electron chi connectivity index (χ1n) is 6.65. The van der Waals surface area contributed by atoms with Gasteiger partial charge in [-0.3, -0.25) is 4.90 Å². The van der Waals surface area contributed by atoms with E-state index in [0.717, 1.165) is 25.6 Å². The Morgan fingerprint density at radius 3 is 2.71 bits per heavy atom. The van der Waals surface area contributed by atoms with Crippen molar-refractivity contribution < 1.29 is 0 Å². The summed E-state index contributed by atoms with van der Waals surface area (Å²) in [7, 11) is 0. The van der Waals surface area contributed by atoms with Crippen LogP contribution < -0.4 is 5.32 Å². The van der Waals surface area contributed by atoms with E-state index in [0.29, 0.717) is 12.1 Å². The maximum absolute atomic E-state index is 4.79. The predicted octanol–water partition coefficient (Wildman–Crippen LogP) is 2.20. The zero-order valence-electron chi connectivity index (χ0n) is 10.6. The van der Waals surface area contributed by atoms with Gasteiger partial charge in [-0.2, -0.15) is 0 Å². The van der Waals surface area contributed by atoms with E-state index in [1.165, 1.54) is 23.5 Å². The molecule has 1 aromatic heterocycles. The topological polar surface area (TPSA) is 28.2 Å². The van der Waals surface area contributed by atoms with Crippen LogP contribution in [0.4, 0.5) is 0 Å². The quantitative estimate of drug-likeness (QED) is 0.892. The molecule has 3 rings (SSSR count). The summed E-state index contributed by atoms with van der Waals surface area (Å²) in [6.07, 6.45) is 2.71. The largest absolute Gasteiger partial charge is 0.314 e. The van der Waals surface area contributed by atoms with Crippen LogP contribution in [0, 0.1) is 0 Å². The van der Waals surface area contributed by atoms with Crippen LogP contribution in [0.15, 0.2) is 5.38 Å². The van der Waals surface area contributed by atoms with Gasteiger partial charge in [-0.1, -0.05) is 0 Å². The first kappa shape index (κ1) is 11.6. The van der Waals surface area contributed by atoms with Gasteiger partial charge in [0.05, 0.1) is 10.7 Å². The monoisotopic (exact) mass is 251 g/mol. The molecule has 1 saturated carbocycles. The van der Waals surface area contributed by atoms with Gasteiger partial charge < -0.3 is 5.32 Å². The van der Waals surface area contributed by atoms with Gasteiger partial charge in [-0.15, -0.1) is 11.3 Å². The van der Waals surface area contributed by atoms with E-state index in [1.807, 2.05) is 11.3 Å². The highest BCUT2D eigenvalue weighted by Gasteiger charge is 2.28. The molecule has 1 aliphatic carbocycles. The van der Waals surface area contributed by atoms with Crippen molar-refractivity contribution >= 4 is 11.3 Å². The lowest BCUT2D eigenvalue weighted by atomic mass is 10.1. The summed E-state index contributed by atoms with van der Waals surface area (Å²) in [6, 6.07) is 1.23. The molecule has 1 aromatic rings. The Kier molecular flexibility index (Phi) is 3.19. The van der Waals surface area contributed by atoms with Crippen LogP contribution in [0.3, 0.4) is 0 Å². The number of hydrogen-bond acceptors (Lipinski definition) is 4. The van der Waals surface area contributed by atoms with Crippen molar-refractivity contribution in [2.75, 3.05) is 13.1 Å². The lowest BCUT2D eigenvalue weighted by Crippen LogP contribution is -2.54. The molecular weight excluding hydrogens is 230 g/mol. The van der Waals surface area contributed by atoms with Crippen molar-refractivity contribution in [2.45, 2.75) is 51.2 Å². The van der Waals surface area contributed by atoms with Crippen LogP contribution in [0.5, 0.6) is 0 Å². The van der Waals surface area contributed by atoms with Gasteiger partial charge in [0.1, 0.15) is 0 Å². The zero-order chi connectivity index (χ0) is 11.8. The van der Waals surface area contributed by atoms with Crippen molar-refractivity contribution in [1.29, 1.82) is 0 Å². The van der Waals surface area contributed by atoms with E-state index in [-0.39, 0.29) is 0 Å². The molecule has 0 bridgehead atoms. The highest BCUT2D eigenvalue weighted by Crippen LogP contribution is 2.41. The summed E-state index contributed by atoms with van der Waals surface area (Å²) >= 11 is 1.86. The fourth-order valence-electron chi connectivity index (χ4n) is 2.58. The molecule has 2 aliphatic rings. The lowest BCUT2D eigenvalue weighted by molar-refractivity contribution is 0.107. The molecule has 0 radical (unpaired) electrons. The molecule has 17 heavy (non-hydrogen) atoms. The zero-order valence-corrected chi connectivity index (χ0v) is 11.5. The van der Waals surface area contributed by atoms with Gasteiger partial charge in [-0.25, -0.2) is 4.98 Å². The number of nitrogens with zero attached hydrogens (tertiary/aromatic N) is 2. The van der Waals surface area contributed by atoms with Crippen LogP contribution >= 0.6 is 11.3 Å². The first-order valence-corrected chi connectivity index (χ1v) is 7.53. The minimum atomic E-state index is 0.616. The third-order valence-electron chi connectivity index (χ3n) is 3.85. The molecule has 0 unspecified atom stereocenters. The first-order chi connectivity index (χ1) is 8.24. The second-order valence-electron chi connectivity index (χ2n) is 5.48. The van der Waals surface area contributed by atoms with Crippen LogP contribution in [0.2, 0.25) is 0 Å². The van der Waals surface area contributed by atoms with Gasteiger partial charge >= 0.3 is 0 Å². The van der Waals surface area contributed by atoms with Crippen LogP contribution in [-0.2, 0) is 6.54 Å². The summed E-state index contributed by atoms with van der Waals surface area (Å²) in [5.74, 6) is 0.798. The Morgan fingerprint density at radius 2 is 2.06 bits per heavy atom. The Bertz CT molecular complexity index is 376. The van der Waals surface area contributed by atoms with E-state index in [9.17, 15) is 0 Å². The molecule has 4 heteroatoms. The number of rotatable bonds is 3. The molecule has 0 spiro atoms. The Balaban J connectivity index is 1.67. The summed E-state index contributed by atoms with van der Waals surface area (Å²) in [4.78, 5) is 7.36. The SMILES string of the molecule is C[C@@H]1CNC[C@H](C)N1Cc1csc(C2CC2)n1. The van der Waals surface area contributed by atoms with Gasteiger partial charge in [0.25, 0.3) is 0 Å². The molecule has 2 fully saturated rings. The highest BCUT2D eigenvalue weighted by molar-refractivity contribution is 7.09. The summed E-state index contributed by atoms with van der Waals surface area (Å²) in [5, 5.41) is 7.10. The normalized spacial score (nSPS) is 30.7. The fourth-order valence-corrected chi connectivity index (χ4v) is 3.56. The standard InChI is InChI=1S/C13H21N3S/c1-9-5-14-6-10(2)16(9)7-12-8-17-13(15-12)11-3-4-11/h8-11,14H,3-7H2,1-2H3/t9-,10+. The third-order valence-corrected chi connectivity index (χ3v) is 4.91. The van der Waals surface area contributed by atoms with Gasteiger partial charge in [0.15, 0.2) is 0 Å². The summed E-state index contributed by atoms with van der Waals surface area (Å²) < 4.78 is 0. The highest BCUT2D eigenvalue weighted by atomic mass is 32.1. The van der Waals surface area contributed by atoms with Crippen LogP contribution in [0.1, 0.15) is 43.3 Å². The molecule has 0 aromatic carbocycles. The van der Waals surface area contributed by atoms with E-state index < -0.39 is 0 Å². The molecule has 1 aliphatic heterocycles. The van der Waals surface area contributed by atoms with Crippen molar-refractivity contribution in [3.63, 3.8) is 0 Å². The third kappa shape index (κ3) is 2.54. The van der Waals surface area contributed by atoms with Crippen molar-refractivity contribution in [2.24, 2.45) is 0 Å². The number of piperazine rings is 1. The van der Waals surface area contributed by atoms with E-state index in [2.05, 4.69) is 29.4 Å². The minimum Gasteiger partial charge on any atom is -0.314 e. The Hall–Kier alpha value is -0.450. The number of aromatic nitrogens is 1. The Morgan fingerprint density at radius 1 is 1.35 bits per heavy atom. The van der Waals surface area contributed by atoms with Gasteiger partial charge in [0.2, 0.25) is 0 Å². The molecule has 0 amide bonds. The summed E-state index contributed by atoms with van der Waals surface area (Å²) in [5.41, 5.74) is 1.28. The molecule has 2 atom stereocenters. The maximum Gasteiger partial charge on any atom is 0.0959 e. The van der Waals surface area contributed by atoms with Crippen molar-refractivity contribution in [3.05, 3.63) is 16.1 Å². The van der Waals surface area contributed by atoms with Gasteiger partial charge in [0, 0.05) is 43.0 Å². The van der Waals surface area contributed by atoms with Gasteiger partial charge in [-0.05, 0) is 26.7 Å².